The van der Waals surface area contributed by atoms with Gasteiger partial charge in [0.2, 0.25) is 6.79 Å². The monoisotopic (exact) mass is 541 g/mol. The van der Waals surface area contributed by atoms with Crippen molar-refractivity contribution in [2.45, 2.75) is 18.9 Å². The third kappa shape index (κ3) is 5.54. The van der Waals surface area contributed by atoms with Crippen molar-refractivity contribution in [2.75, 3.05) is 71.7 Å². The summed E-state index contributed by atoms with van der Waals surface area (Å²) in [5.41, 5.74) is 1.33. The molecule has 2 aromatic carbocycles. The van der Waals surface area contributed by atoms with Crippen molar-refractivity contribution in [3.8, 4) is 23.0 Å². The second-order valence-corrected chi connectivity index (χ2v) is 10.1. The molecule has 4 heterocycles. The van der Waals surface area contributed by atoms with Crippen LogP contribution in [0.5, 0.6) is 23.0 Å². The minimum atomic E-state index is 0.0552. The summed E-state index contributed by atoms with van der Waals surface area (Å²) in [6.45, 7) is 7.20. The Kier molecular flexibility index (Phi) is 7.55. The molecule has 1 aromatic heterocycles. The summed E-state index contributed by atoms with van der Waals surface area (Å²) in [5.74, 6) is 3.13. The first-order valence-corrected chi connectivity index (χ1v) is 13.4. The Balaban J connectivity index is 1.28. The van der Waals surface area contributed by atoms with Crippen molar-refractivity contribution in [1.29, 1.82) is 0 Å². The molecule has 38 heavy (non-hydrogen) atoms. The van der Waals surface area contributed by atoms with Crippen LogP contribution in [0.2, 0.25) is 5.02 Å². The van der Waals surface area contributed by atoms with Crippen LogP contribution in [0.15, 0.2) is 30.6 Å². The van der Waals surface area contributed by atoms with Crippen LogP contribution < -0.4 is 24.3 Å². The summed E-state index contributed by atoms with van der Waals surface area (Å²) in [7, 11) is 2.16. The number of likely N-dealkylation sites (N-methyl/N-ethyl adjacent to an activating group) is 1. The molecule has 0 aliphatic carbocycles. The molecule has 0 amide bonds. The molecule has 11 heteroatoms. The molecule has 0 radical (unpaired) electrons. The normalized spacial score (nSPS) is 18.6. The van der Waals surface area contributed by atoms with E-state index in [0.29, 0.717) is 59.3 Å². The van der Waals surface area contributed by atoms with E-state index in [1.807, 2.05) is 12.1 Å². The first-order chi connectivity index (χ1) is 18.6. The van der Waals surface area contributed by atoms with E-state index in [9.17, 15) is 0 Å². The maximum absolute atomic E-state index is 6.52. The zero-order chi connectivity index (χ0) is 25.9. The van der Waals surface area contributed by atoms with Crippen LogP contribution in [0.3, 0.4) is 0 Å². The predicted octanol–water partition coefficient (Wildman–Crippen LogP) is 3.94. The molecule has 2 fully saturated rings. The number of anilines is 2. The van der Waals surface area contributed by atoms with Gasteiger partial charge in [0.15, 0.2) is 23.0 Å². The molecular formula is C27H32ClN5O5. The van der Waals surface area contributed by atoms with E-state index in [1.165, 1.54) is 6.33 Å². The lowest BCUT2D eigenvalue weighted by molar-refractivity contribution is 0.0241. The van der Waals surface area contributed by atoms with E-state index in [0.717, 1.165) is 56.5 Å². The van der Waals surface area contributed by atoms with E-state index in [2.05, 4.69) is 32.1 Å². The summed E-state index contributed by atoms with van der Waals surface area (Å²) >= 11 is 6.52. The van der Waals surface area contributed by atoms with Gasteiger partial charge in [0.05, 0.1) is 23.8 Å². The number of piperazine rings is 1. The van der Waals surface area contributed by atoms with Crippen molar-refractivity contribution < 1.29 is 23.7 Å². The first kappa shape index (κ1) is 25.2. The molecule has 3 aliphatic heterocycles. The number of aromatic nitrogens is 2. The Bertz CT molecular complexity index is 1280. The Morgan fingerprint density at radius 3 is 2.74 bits per heavy atom. The molecule has 0 saturated carbocycles. The van der Waals surface area contributed by atoms with Gasteiger partial charge >= 0.3 is 0 Å². The SMILES string of the molecule is CN1CCN(CCOc2cc3ncnc(Nc4c(Cl)ccc5c4OCO5)c3cc2OC2CCOCC2)CC1. The van der Waals surface area contributed by atoms with Crippen LogP contribution in [-0.4, -0.2) is 92.3 Å². The number of halogens is 1. The van der Waals surface area contributed by atoms with Crippen LogP contribution in [0, 0.1) is 0 Å². The van der Waals surface area contributed by atoms with Gasteiger partial charge in [0.1, 0.15) is 30.5 Å². The van der Waals surface area contributed by atoms with Gasteiger partial charge in [-0.2, -0.15) is 0 Å². The average molecular weight is 542 g/mol. The molecule has 3 aliphatic rings. The Morgan fingerprint density at radius 2 is 1.89 bits per heavy atom. The average Bonchev–Trinajstić information content (AvgIpc) is 3.42. The quantitative estimate of drug-likeness (QED) is 0.452. The van der Waals surface area contributed by atoms with E-state index < -0.39 is 0 Å². The fourth-order valence-corrected chi connectivity index (χ4v) is 5.08. The van der Waals surface area contributed by atoms with Gasteiger partial charge in [-0.3, -0.25) is 4.90 Å². The van der Waals surface area contributed by atoms with Gasteiger partial charge in [-0.25, -0.2) is 9.97 Å². The minimum Gasteiger partial charge on any atom is -0.488 e. The Labute approximate surface area is 226 Å². The number of hydrogen-bond donors (Lipinski definition) is 1. The summed E-state index contributed by atoms with van der Waals surface area (Å²) < 4.78 is 29.5. The highest BCUT2D eigenvalue weighted by Gasteiger charge is 2.23. The number of rotatable bonds is 8. The second-order valence-electron chi connectivity index (χ2n) is 9.74. The number of nitrogens with zero attached hydrogens (tertiary/aromatic N) is 4. The maximum Gasteiger partial charge on any atom is 0.231 e. The predicted molar refractivity (Wildman–Crippen MR) is 144 cm³/mol. The van der Waals surface area contributed by atoms with Gasteiger partial charge in [-0.1, -0.05) is 11.6 Å². The third-order valence-electron chi connectivity index (χ3n) is 7.16. The molecule has 2 saturated heterocycles. The standard InChI is InChI=1S/C27H32ClN5O5/c1-32-6-8-33(9-7-32)10-13-35-23-15-21-19(14-24(23)38-18-4-11-34-12-5-18)27(30-16-29-21)31-25-20(28)2-3-22-26(25)37-17-36-22/h2-3,14-16,18H,4-13,17H2,1H3,(H,29,30,31). The first-order valence-electron chi connectivity index (χ1n) is 13.1. The van der Waals surface area contributed by atoms with Crippen LogP contribution in [0.4, 0.5) is 11.5 Å². The van der Waals surface area contributed by atoms with Gasteiger partial charge in [0, 0.05) is 57.0 Å². The zero-order valence-corrected chi connectivity index (χ0v) is 22.2. The molecule has 0 bridgehead atoms. The fraction of sp³-hybridized carbons (Fsp3) is 0.481. The van der Waals surface area contributed by atoms with Gasteiger partial charge in [-0.15, -0.1) is 0 Å². The van der Waals surface area contributed by atoms with Crippen LogP contribution >= 0.6 is 11.6 Å². The summed E-state index contributed by atoms with van der Waals surface area (Å²) in [5, 5.41) is 4.63. The third-order valence-corrected chi connectivity index (χ3v) is 7.47. The van der Waals surface area contributed by atoms with Gasteiger partial charge in [-0.05, 0) is 25.2 Å². The number of ether oxygens (including phenoxy) is 5. The maximum atomic E-state index is 6.52. The van der Waals surface area contributed by atoms with Gasteiger partial charge < -0.3 is 33.9 Å². The number of fused-ring (bicyclic) bond motifs is 2. The van der Waals surface area contributed by atoms with E-state index in [-0.39, 0.29) is 12.9 Å². The summed E-state index contributed by atoms with van der Waals surface area (Å²) in [6.07, 6.45) is 3.24. The van der Waals surface area contributed by atoms with Crippen molar-refractivity contribution in [1.82, 2.24) is 19.8 Å². The second kappa shape index (κ2) is 11.4. The largest absolute Gasteiger partial charge is 0.488 e. The van der Waals surface area contributed by atoms with Crippen LogP contribution in [0.25, 0.3) is 10.9 Å². The Morgan fingerprint density at radius 1 is 1.05 bits per heavy atom. The van der Waals surface area contributed by atoms with E-state index in [4.69, 9.17) is 35.3 Å². The highest BCUT2D eigenvalue weighted by atomic mass is 35.5. The lowest BCUT2D eigenvalue weighted by atomic mass is 10.1. The van der Waals surface area contributed by atoms with Crippen LogP contribution in [0.1, 0.15) is 12.8 Å². The number of hydrogen-bond acceptors (Lipinski definition) is 10. The van der Waals surface area contributed by atoms with Crippen LogP contribution in [-0.2, 0) is 4.74 Å². The number of nitrogens with one attached hydrogen (secondary N) is 1. The zero-order valence-electron chi connectivity index (χ0n) is 21.5. The van der Waals surface area contributed by atoms with Crippen molar-refractivity contribution in [3.63, 3.8) is 0 Å². The molecule has 6 rings (SSSR count). The summed E-state index contributed by atoms with van der Waals surface area (Å²) in [4.78, 5) is 13.8. The van der Waals surface area contributed by atoms with Crippen molar-refractivity contribution in [2.24, 2.45) is 0 Å². The molecular weight excluding hydrogens is 510 g/mol. The fourth-order valence-electron chi connectivity index (χ4n) is 4.88. The minimum absolute atomic E-state index is 0.0552. The van der Waals surface area contributed by atoms with Gasteiger partial charge in [0.25, 0.3) is 0 Å². The van der Waals surface area contributed by atoms with E-state index in [1.54, 1.807) is 12.1 Å². The lowest BCUT2D eigenvalue weighted by Gasteiger charge is -2.32. The molecule has 0 atom stereocenters. The highest BCUT2D eigenvalue weighted by molar-refractivity contribution is 6.34. The van der Waals surface area contributed by atoms with Crippen molar-refractivity contribution >= 4 is 34.0 Å². The topological polar surface area (TPSA) is 90.4 Å². The lowest BCUT2D eigenvalue weighted by Crippen LogP contribution is -2.45. The molecule has 1 N–H and O–H groups in total. The molecule has 0 unspecified atom stereocenters. The van der Waals surface area contributed by atoms with E-state index >= 15 is 0 Å². The smallest absolute Gasteiger partial charge is 0.231 e. The van der Waals surface area contributed by atoms with Crippen molar-refractivity contribution in [3.05, 3.63) is 35.6 Å². The molecule has 202 valence electrons. The Hall–Kier alpha value is -3.05. The molecule has 3 aromatic rings. The molecule has 10 nitrogen and oxygen atoms in total. The number of benzene rings is 2. The highest BCUT2D eigenvalue weighted by Crippen LogP contribution is 2.45. The summed E-state index contributed by atoms with van der Waals surface area (Å²) in [6, 6.07) is 7.44. The molecule has 0 spiro atoms.